The fraction of sp³-hybridized carbons (Fsp3) is 1.00. The predicted octanol–water partition coefficient (Wildman–Crippen LogP) is -8.04. The Bertz CT molecular complexity index is 11.5. The first-order chi connectivity index (χ1) is 2.00. The van der Waals surface area contributed by atoms with Crippen LogP contribution in [0.2, 0.25) is 0 Å². The van der Waals surface area contributed by atoms with Gasteiger partial charge in [0.2, 0.25) is 0 Å². The first-order valence-corrected chi connectivity index (χ1v) is 0.816. The van der Waals surface area contributed by atoms with Crippen molar-refractivity contribution in [3.8, 4) is 0 Å². The Kier molecular flexibility index (Phi) is 235. The zero-order valence-corrected chi connectivity index (χ0v) is 7.94. The second-order valence-electron chi connectivity index (χ2n) is 0. The van der Waals surface area contributed by atoms with Gasteiger partial charge >= 0.3 is 70.2 Å². The minimum absolute atomic E-state index is 0. The Morgan fingerprint density at radius 2 is 0.833 bits per heavy atom. The van der Waals surface area contributed by atoms with Gasteiger partial charge in [-0.15, -0.1) is 0 Å². The van der Waals surface area contributed by atoms with Gasteiger partial charge in [0.15, 0.2) is 0 Å². The third-order valence-corrected chi connectivity index (χ3v) is 0. The van der Waals surface area contributed by atoms with Crippen LogP contribution in [0.25, 0.3) is 0 Å². The van der Waals surface area contributed by atoms with Crippen molar-refractivity contribution in [2.24, 2.45) is 0 Å². The molecule has 0 aliphatic rings. The van der Waals surface area contributed by atoms with Crippen molar-refractivity contribution in [1.29, 1.82) is 0 Å². The molecule has 0 saturated carbocycles. The van der Waals surface area contributed by atoms with Gasteiger partial charge in [-0.2, -0.15) is 14.2 Å². The molecule has 0 unspecified atom stereocenters. The third kappa shape index (κ3) is 35.2. The first-order valence-electron chi connectivity index (χ1n) is 0.816. The third-order valence-electron chi connectivity index (χ3n) is 0. The van der Waals surface area contributed by atoms with E-state index in [2.05, 4.69) is 0 Å². The molecule has 0 heterocycles. The van der Waals surface area contributed by atoms with Crippen molar-refractivity contribution < 1.29 is 80.5 Å². The summed E-state index contributed by atoms with van der Waals surface area (Å²) in [5.74, 6) is 0. The van der Waals surface area contributed by atoms with Crippen molar-refractivity contribution in [3.05, 3.63) is 0 Å². The molecule has 0 bridgehead atoms. The van der Waals surface area contributed by atoms with Crippen molar-refractivity contribution in [3.63, 3.8) is 0 Å². The maximum Gasteiger partial charge on any atom is 1.00 e. The van der Waals surface area contributed by atoms with Crippen molar-refractivity contribution in [2.75, 3.05) is 14.2 Å². The van der Waals surface area contributed by atoms with Crippen LogP contribution in [0.5, 0.6) is 0 Å². The molecule has 0 N–H and O–H groups in total. The number of hydrogen-bond donors (Lipinski definition) is 0. The van der Waals surface area contributed by atoms with E-state index < -0.39 is 0 Å². The SMILES string of the molecule is C[O-].C[O-].[K+].[Li+]. The second-order valence-corrected chi connectivity index (χ2v) is 0. The molecule has 0 aromatic rings. The van der Waals surface area contributed by atoms with Gasteiger partial charge in [0.05, 0.1) is 0 Å². The smallest absolute Gasteiger partial charge is 0.857 e. The Labute approximate surface area is 92.9 Å². The molecule has 0 amide bonds. The zero-order valence-electron chi connectivity index (χ0n) is 4.82. The largest absolute Gasteiger partial charge is 1.00 e. The van der Waals surface area contributed by atoms with Gasteiger partial charge in [-0.05, 0) is 0 Å². The van der Waals surface area contributed by atoms with Crippen LogP contribution < -0.4 is 80.5 Å². The van der Waals surface area contributed by atoms with Crippen molar-refractivity contribution in [1.82, 2.24) is 0 Å². The van der Waals surface area contributed by atoms with Gasteiger partial charge < -0.3 is 10.2 Å². The minimum atomic E-state index is 0. The van der Waals surface area contributed by atoms with E-state index in [4.69, 9.17) is 10.2 Å². The molecular weight excluding hydrogens is 102 g/mol. The van der Waals surface area contributed by atoms with E-state index in [1.807, 2.05) is 0 Å². The molecular formula is C2H6KLiO2. The maximum atomic E-state index is 8.25. The van der Waals surface area contributed by atoms with Gasteiger partial charge in [-0.3, -0.25) is 0 Å². The molecule has 4 heteroatoms. The molecule has 0 radical (unpaired) electrons. The molecule has 0 fully saturated rings. The van der Waals surface area contributed by atoms with Crippen LogP contribution in [0.3, 0.4) is 0 Å². The van der Waals surface area contributed by atoms with Gasteiger partial charge in [0.25, 0.3) is 0 Å². The molecule has 2 nitrogen and oxygen atoms in total. The standard InChI is InChI=1S/2CH3O.K.Li/c2*1-2;;/h2*1H3;;/q2*-1;2*+1. The Morgan fingerprint density at radius 1 is 0.833 bits per heavy atom. The van der Waals surface area contributed by atoms with E-state index in [9.17, 15) is 0 Å². The van der Waals surface area contributed by atoms with Crippen LogP contribution in [-0.4, -0.2) is 14.2 Å². The number of hydrogen-bond acceptors (Lipinski definition) is 2. The maximum absolute atomic E-state index is 8.25. The van der Waals surface area contributed by atoms with E-state index >= 15 is 0 Å². The van der Waals surface area contributed by atoms with Gasteiger partial charge in [0.1, 0.15) is 0 Å². The summed E-state index contributed by atoms with van der Waals surface area (Å²) in [7, 11) is 1.50. The van der Waals surface area contributed by atoms with Crippen LogP contribution in [-0.2, 0) is 0 Å². The fourth-order valence-corrected chi connectivity index (χ4v) is 0. The number of rotatable bonds is 0. The second kappa shape index (κ2) is 58.4. The molecule has 0 saturated heterocycles. The molecule has 6 heavy (non-hydrogen) atoms. The molecule has 0 aliphatic heterocycles. The Morgan fingerprint density at radius 3 is 0.833 bits per heavy atom. The van der Waals surface area contributed by atoms with Gasteiger partial charge in [0, 0.05) is 0 Å². The van der Waals surface area contributed by atoms with E-state index in [-0.39, 0.29) is 70.2 Å². The quantitative estimate of drug-likeness (QED) is 0.289. The summed E-state index contributed by atoms with van der Waals surface area (Å²) < 4.78 is 0. The Hall–Kier alpha value is 2.15. The van der Waals surface area contributed by atoms with Crippen LogP contribution >= 0.6 is 0 Å². The Balaban J connectivity index is -0.00000000500. The molecule has 0 atom stereocenters. The van der Waals surface area contributed by atoms with Gasteiger partial charge in [-0.25, -0.2) is 0 Å². The molecule has 28 valence electrons. The topological polar surface area (TPSA) is 46.1 Å². The summed E-state index contributed by atoms with van der Waals surface area (Å²) in [4.78, 5) is 0. The van der Waals surface area contributed by atoms with E-state index in [1.54, 1.807) is 0 Å². The first kappa shape index (κ1) is 24.2. The van der Waals surface area contributed by atoms with E-state index in [0.29, 0.717) is 0 Å². The summed E-state index contributed by atoms with van der Waals surface area (Å²) in [6, 6.07) is 0. The summed E-state index contributed by atoms with van der Waals surface area (Å²) >= 11 is 0. The molecule has 0 aromatic heterocycles. The summed E-state index contributed by atoms with van der Waals surface area (Å²) in [6.45, 7) is 0. The molecule has 0 aliphatic carbocycles. The van der Waals surface area contributed by atoms with E-state index in [0.717, 1.165) is 14.2 Å². The zero-order chi connectivity index (χ0) is 4.00. The molecule has 0 rings (SSSR count). The van der Waals surface area contributed by atoms with Gasteiger partial charge in [-0.1, -0.05) is 0 Å². The van der Waals surface area contributed by atoms with Crippen LogP contribution in [0, 0.1) is 0 Å². The van der Waals surface area contributed by atoms with Crippen LogP contribution in [0.1, 0.15) is 0 Å². The summed E-state index contributed by atoms with van der Waals surface area (Å²) in [6.07, 6.45) is 0. The summed E-state index contributed by atoms with van der Waals surface area (Å²) in [5, 5.41) is 16.5. The van der Waals surface area contributed by atoms with E-state index in [1.165, 1.54) is 0 Å². The van der Waals surface area contributed by atoms with Crippen LogP contribution in [0.15, 0.2) is 0 Å². The van der Waals surface area contributed by atoms with Crippen LogP contribution in [0.4, 0.5) is 0 Å². The average molecular weight is 108 g/mol. The van der Waals surface area contributed by atoms with Crippen molar-refractivity contribution >= 4 is 0 Å². The fourth-order valence-electron chi connectivity index (χ4n) is 0. The normalized spacial score (nSPS) is 2.00. The molecule has 0 spiro atoms. The average Bonchev–Trinajstić information content (AvgIpc) is 1.50. The summed E-state index contributed by atoms with van der Waals surface area (Å²) in [5.41, 5.74) is 0. The molecule has 0 aromatic carbocycles. The monoisotopic (exact) mass is 108 g/mol. The minimum Gasteiger partial charge on any atom is -0.857 e. The predicted molar refractivity (Wildman–Crippen MR) is 11.8 cm³/mol. The van der Waals surface area contributed by atoms with Crippen molar-refractivity contribution in [2.45, 2.75) is 0 Å².